The smallest absolute Gasteiger partial charge is 0.154 e. The molecule has 3 heterocycles. The number of benzene rings is 1. The van der Waals surface area contributed by atoms with E-state index in [-0.39, 0.29) is 0 Å². The topological polar surface area (TPSA) is 33.4 Å². The van der Waals surface area contributed by atoms with Crippen molar-refractivity contribution in [3.63, 3.8) is 0 Å². The van der Waals surface area contributed by atoms with Crippen molar-refractivity contribution in [2.24, 2.45) is 0 Å². The van der Waals surface area contributed by atoms with E-state index in [2.05, 4.69) is 21.2 Å². The third-order valence-corrected chi connectivity index (χ3v) is 5.65. The fraction of sp³-hybridized carbons (Fsp3) is 0.316. The summed E-state index contributed by atoms with van der Waals surface area (Å²) >= 11 is 12.6. The van der Waals surface area contributed by atoms with E-state index in [4.69, 9.17) is 28.2 Å². The molecule has 0 unspecified atom stereocenters. The molecule has 0 N–H and O–H groups in total. The predicted octanol–water partition coefficient (Wildman–Crippen LogP) is 5.21. The van der Waals surface area contributed by atoms with E-state index >= 15 is 0 Å². The standard InChI is InChI=1S/C19H19Cl2N4/c1-12-6-8-24(9-7-12)19-16-11-23-18(25(16)13(2)10-22-19)14-4-3-5-15(20)17(14)21/h3-5,10-11H,6-9H2,1-2H3. The van der Waals surface area contributed by atoms with Crippen molar-refractivity contribution in [2.45, 2.75) is 26.7 Å². The van der Waals surface area contributed by atoms with E-state index in [1.807, 2.05) is 31.5 Å². The zero-order chi connectivity index (χ0) is 17.6. The van der Waals surface area contributed by atoms with Gasteiger partial charge < -0.3 is 4.90 Å². The van der Waals surface area contributed by atoms with Crippen LogP contribution in [-0.2, 0) is 0 Å². The Bertz CT molecular complexity index is 927. The quantitative estimate of drug-likeness (QED) is 0.618. The van der Waals surface area contributed by atoms with Crippen LogP contribution in [0.25, 0.3) is 16.9 Å². The number of hydrogen-bond donors (Lipinski definition) is 0. The molecule has 6 heteroatoms. The van der Waals surface area contributed by atoms with Gasteiger partial charge in [-0.2, -0.15) is 0 Å². The van der Waals surface area contributed by atoms with Gasteiger partial charge in [0.15, 0.2) is 5.82 Å². The number of piperidine rings is 1. The van der Waals surface area contributed by atoms with Crippen LogP contribution in [0.2, 0.25) is 10.0 Å². The van der Waals surface area contributed by atoms with Crippen molar-refractivity contribution in [1.29, 1.82) is 0 Å². The molecule has 0 aliphatic carbocycles. The average molecular weight is 374 g/mol. The maximum atomic E-state index is 6.43. The Morgan fingerprint density at radius 3 is 2.52 bits per heavy atom. The third kappa shape index (κ3) is 2.87. The maximum Gasteiger partial charge on any atom is 0.154 e. The van der Waals surface area contributed by atoms with E-state index in [9.17, 15) is 0 Å². The molecule has 3 aromatic rings. The van der Waals surface area contributed by atoms with Crippen molar-refractivity contribution >= 4 is 34.5 Å². The Labute approximate surface area is 157 Å². The Morgan fingerprint density at radius 1 is 1.00 bits per heavy atom. The zero-order valence-electron chi connectivity index (χ0n) is 14.3. The summed E-state index contributed by atoms with van der Waals surface area (Å²) in [6.07, 6.45) is 6.01. The molecule has 4 nitrogen and oxygen atoms in total. The normalized spacial score (nSPS) is 15.9. The summed E-state index contributed by atoms with van der Waals surface area (Å²) in [7, 11) is 0. The van der Waals surface area contributed by atoms with Crippen LogP contribution in [0.1, 0.15) is 25.5 Å². The number of aromatic nitrogens is 3. The number of hydrogen-bond acceptors (Lipinski definition) is 3. The molecule has 129 valence electrons. The van der Waals surface area contributed by atoms with Gasteiger partial charge in [-0.1, -0.05) is 36.2 Å². The van der Waals surface area contributed by atoms with Gasteiger partial charge in [0, 0.05) is 30.5 Å². The fourth-order valence-electron chi connectivity index (χ4n) is 3.36. The molecule has 2 aromatic heterocycles. The van der Waals surface area contributed by atoms with Crippen LogP contribution in [0.5, 0.6) is 0 Å². The summed E-state index contributed by atoms with van der Waals surface area (Å²) < 4.78 is 2.12. The highest BCUT2D eigenvalue weighted by Crippen LogP contribution is 2.35. The monoisotopic (exact) mass is 373 g/mol. The lowest BCUT2D eigenvalue weighted by Gasteiger charge is -2.31. The second-order valence-electron chi connectivity index (χ2n) is 6.57. The van der Waals surface area contributed by atoms with Crippen molar-refractivity contribution in [2.75, 3.05) is 18.0 Å². The Balaban J connectivity index is 1.86. The number of aryl methyl sites for hydroxylation is 1. The van der Waals surface area contributed by atoms with Gasteiger partial charge in [0.05, 0.1) is 16.2 Å². The number of nitrogens with zero attached hydrogens (tertiary/aromatic N) is 4. The van der Waals surface area contributed by atoms with Crippen LogP contribution in [0.15, 0.2) is 30.6 Å². The minimum Gasteiger partial charge on any atom is -0.355 e. The van der Waals surface area contributed by atoms with Gasteiger partial charge in [-0.25, -0.2) is 9.97 Å². The molecule has 1 fully saturated rings. The Morgan fingerprint density at radius 2 is 1.76 bits per heavy atom. The van der Waals surface area contributed by atoms with E-state index < -0.39 is 0 Å². The maximum absolute atomic E-state index is 6.43. The summed E-state index contributed by atoms with van der Waals surface area (Å²) in [5.74, 6) is 3.33. The van der Waals surface area contributed by atoms with Gasteiger partial charge in [0.2, 0.25) is 0 Å². The van der Waals surface area contributed by atoms with Crippen LogP contribution in [0.4, 0.5) is 5.82 Å². The first-order chi connectivity index (χ1) is 12.1. The van der Waals surface area contributed by atoms with Crippen molar-refractivity contribution < 1.29 is 0 Å². The number of imidazole rings is 1. The van der Waals surface area contributed by atoms with E-state index in [0.717, 1.165) is 54.3 Å². The number of fused-ring (bicyclic) bond motifs is 1. The van der Waals surface area contributed by atoms with Gasteiger partial charge >= 0.3 is 0 Å². The summed E-state index contributed by atoms with van der Waals surface area (Å²) in [5, 5.41) is 1.06. The molecule has 1 saturated heterocycles. The van der Waals surface area contributed by atoms with Crippen LogP contribution in [0.3, 0.4) is 0 Å². The Kier molecular flexibility index (Phi) is 4.34. The molecule has 0 spiro atoms. The van der Waals surface area contributed by atoms with E-state index in [1.54, 1.807) is 12.0 Å². The first-order valence-corrected chi connectivity index (χ1v) is 9.15. The van der Waals surface area contributed by atoms with Crippen LogP contribution in [-0.4, -0.2) is 27.5 Å². The summed E-state index contributed by atoms with van der Waals surface area (Å²) in [4.78, 5) is 11.7. The summed E-state index contributed by atoms with van der Waals surface area (Å²) in [6.45, 7) is 6.25. The third-order valence-electron chi connectivity index (χ3n) is 4.83. The molecule has 1 aromatic carbocycles. The molecule has 1 radical (unpaired) electrons. The lowest BCUT2D eigenvalue weighted by Crippen LogP contribution is -2.33. The molecule has 4 rings (SSSR count). The van der Waals surface area contributed by atoms with E-state index in [1.165, 1.54) is 0 Å². The van der Waals surface area contributed by atoms with Crippen LogP contribution >= 0.6 is 23.2 Å². The highest BCUT2D eigenvalue weighted by atomic mass is 35.5. The lowest BCUT2D eigenvalue weighted by atomic mass is 9.99. The second-order valence-corrected chi connectivity index (χ2v) is 7.36. The van der Waals surface area contributed by atoms with E-state index in [0.29, 0.717) is 10.0 Å². The van der Waals surface area contributed by atoms with Crippen molar-refractivity contribution in [3.05, 3.63) is 52.2 Å². The SMILES string of the molecule is C[C]1CCN(c2ncc(C)n3c(-c4cccc(Cl)c4Cl)ncc23)CC1. The molecule has 25 heavy (non-hydrogen) atoms. The molecular weight excluding hydrogens is 355 g/mol. The molecule has 0 atom stereocenters. The van der Waals surface area contributed by atoms with Crippen LogP contribution in [0, 0.1) is 12.8 Å². The number of anilines is 1. The minimum absolute atomic E-state index is 0.526. The molecule has 0 amide bonds. The van der Waals surface area contributed by atoms with Crippen molar-refractivity contribution in [3.8, 4) is 11.4 Å². The van der Waals surface area contributed by atoms with Gasteiger partial charge in [0.1, 0.15) is 11.3 Å². The largest absolute Gasteiger partial charge is 0.355 e. The molecule has 0 bridgehead atoms. The number of halogens is 2. The summed E-state index contributed by atoms with van der Waals surface area (Å²) in [5.41, 5.74) is 2.85. The van der Waals surface area contributed by atoms with Crippen LogP contribution < -0.4 is 4.90 Å². The van der Waals surface area contributed by atoms with Gasteiger partial charge in [-0.05, 0) is 37.8 Å². The predicted molar refractivity (Wildman–Crippen MR) is 104 cm³/mol. The molecule has 0 saturated carbocycles. The van der Waals surface area contributed by atoms with Gasteiger partial charge in [-0.3, -0.25) is 4.40 Å². The lowest BCUT2D eigenvalue weighted by molar-refractivity contribution is 0.609. The van der Waals surface area contributed by atoms with Gasteiger partial charge in [0.25, 0.3) is 0 Å². The molecule has 1 aliphatic rings. The number of rotatable bonds is 2. The second kappa shape index (κ2) is 6.50. The van der Waals surface area contributed by atoms with Gasteiger partial charge in [-0.15, -0.1) is 0 Å². The summed E-state index contributed by atoms with van der Waals surface area (Å²) in [6, 6.07) is 5.63. The molecule has 1 aliphatic heterocycles. The first-order valence-electron chi connectivity index (χ1n) is 8.40. The minimum atomic E-state index is 0.526. The Hall–Kier alpha value is -1.78. The highest BCUT2D eigenvalue weighted by molar-refractivity contribution is 6.43. The average Bonchev–Trinajstić information content (AvgIpc) is 3.04. The highest BCUT2D eigenvalue weighted by Gasteiger charge is 2.22. The van der Waals surface area contributed by atoms with Crippen molar-refractivity contribution in [1.82, 2.24) is 14.4 Å². The first kappa shape index (κ1) is 16.7. The fourth-order valence-corrected chi connectivity index (χ4v) is 3.74. The zero-order valence-corrected chi connectivity index (χ0v) is 15.8. The molecular formula is C19H19Cl2N4.